The van der Waals surface area contributed by atoms with Crippen LogP contribution < -0.4 is 10.6 Å². The highest BCUT2D eigenvalue weighted by Crippen LogP contribution is 2.26. The molecule has 1 spiro atoms. The molecule has 1 heterocycles. The maximum absolute atomic E-state index is 11.2. The van der Waals surface area contributed by atoms with Crippen molar-refractivity contribution in [1.82, 2.24) is 10.6 Å². The molecule has 0 aromatic carbocycles. The monoisotopic (exact) mass is 154 g/mol. The summed E-state index contributed by atoms with van der Waals surface area (Å²) in [6.45, 7) is 1.84. The Morgan fingerprint density at radius 2 is 2.36 bits per heavy atom. The molecule has 2 rings (SSSR count). The molecule has 1 aliphatic carbocycles. The van der Waals surface area contributed by atoms with Crippen LogP contribution in [0.25, 0.3) is 0 Å². The molecule has 0 aromatic rings. The third-order valence-corrected chi connectivity index (χ3v) is 2.70. The summed E-state index contributed by atoms with van der Waals surface area (Å²) in [5.74, 6) is 0.424. The molecule has 0 amide bonds. The second-order valence-electron chi connectivity index (χ2n) is 3.63. The van der Waals surface area contributed by atoms with E-state index in [1.807, 2.05) is 0 Å². The Kier molecular flexibility index (Phi) is 1.69. The van der Waals surface area contributed by atoms with Crippen LogP contribution in [0.3, 0.4) is 0 Å². The van der Waals surface area contributed by atoms with E-state index in [0.29, 0.717) is 5.78 Å². The van der Waals surface area contributed by atoms with Gasteiger partial charge in [-0.15, -0.1) is 0 Å². The Balaban J connectivity index is 2.05. The molecule has 1 atom stereocenters. The quantitative estimate of drug-likeness (QED) is 0.517. The molecule has 3 heteroatoms. The van der Waals surface area contributed by atoms with Crippen LogP contribution in [-0.2, 0) is 4.79 Å². The van der Waals surface area contributed by atoms with Crippen LogP contribution in [-0.4, -0.2) is 24.5 Å². The van der Waals surface area contributed by atoms with E-state index in [1.165, 1.54) is 0 Å². The fourth-order valence-electron chi connectivity index (χ4n) is 2.09. The van der Waals surface area contributed by atoms with Gasteiger partial charge < -0.3 is 5.32 Å². The van der Waals surface area contributed by atoms with Gasteiger partial charge in [-0.25, -0.2) is 0 Å². The predicted molar refractivity (Wildman–Crippen MR) is 42.2 cm³/mol. The smallest absolute Gasteiger partial charge is 0.134 e. The summed E-state index contributed by atoms with van der Waals surface area (Å²) in [7, 11) is 0. The molecule has 1 aliphatic heterocycles. The van der Waals surface area contributed by atoms with Crippen molar-refractivity contribution in [1.29, 1.82) is 0 Å². The van der Waals surface area contributed by atoms with Gasteiger partial charge in [0.15, 0.2) is 0 Å². The van der Waals surface area contributed by atoms with Gasteiger partial charge in [0, 0.05) is 31.6 Å². The number of Topliss-reactive ketones (excluding diaryl/α,β-unsaturated/α-hetero) is 1. The number of hydrogen-bond donors (Lipinski definition) is 2. The van der Waals surface area contributed by atoms with Crippen molar-refractivity contribution >= 4 is 5.78 Å². The molecule has 3 nitrogen and oxygen atoms in total. The van der Waals surface area contributed by atoms with Gasteiger partial charge in [0.1, 0.15) is 5.78 Å². The van der Waals surface area contributed by atoms with Crippen molar-refractivity contribution in [2.45, 2.75) is 31.2 Å². The van der Waals surface area contributed by atoms with E-state index in [1.54, 1.807) is 0 Å². The largest absolute Gasteiger partial charge is 0.303 e. The second-order valence-corrected chi connectivity index (χ2v) is 3.63. The Hall–Kier alpha value is -0.410. The minimum atomic E-state index is 0.134. The molecule has 1 saturated carbocycles. The summed E-state index contributed by atoms with van der Waals surface area (Å²) < 4.78 is 0. The molecule has 1 unspecified atom stereocenters. The summed E-state index contributed by atoms with van der Waals surface area (Å²) in [5, 5.41) is 6.61. The predicted octanol–water partition coefficient (Wildman–Crippen LogP) is 0.0186. The van der Waals surface area contributed by atoms with E-state index in [9.17, 15) is 4.79 Å². The van der Waals surface area contributed by atoms with Gasteiger partial charge in [-0.05, 0) is 12.8 Å². The molecule has 0 radical (unpaired) electrons. The zero-order valence-corrected chi connectivity index (χ0v) is 6.65. The minimum Gasteiger partial charge on any atom is -0.303 e. The first-order chi connectivity index (χ1) is 5.31. The zero-order chi connectivity index (χ0) is 7.73. The summed E-state index contributed by atoms with van der Waals surface area (Å²) in [6, 6.07) is 0. The molecule has 1 saturated heterocycles. The third-order valence-electron chi connectivity index (χ3n) is 2.70. The maximum Gasteiger partial charge on any atom is 0.134 e. The van der Waals surface area contributed by atoms with Crippen molar-refractivity contribution in [3.63, 3.8) is 0 Å². The van der Waals surface area contributed by atoms with Crippen molar-refractivity contribution < 1.29 is 4.79 Å². The SMILES string of the molecule is O=C1CCCC2(CNCN2)C1. The Morgan fingerprint density at radius 3 is 3.00 bits per heavy atom. The van der Waals surface area contributed by atoms with Gasteiger partial charge in [-0.3, -0.25) is 10.1 Å². The third kappa shape index (κ3) is 1.30. The van der Waals surface area contributed by atoms with Gasteiger partial charge in [0.2, 0.25) is 0 Å². The van der Waals surface area contributed by atoms with Gasteiger partial charge in [0.05, 0.1) is 0 Å². The van der Waals surface area contributed by atoms with Gasteiger partial charge in [-0.2, -0.15) is 0 Å². The Morgan fingerprint density at radius 1 is 1.45 bits per heavy atom. The summed E-state index contributed by atoms with van der Waals surface area (Å²) in [4.78, 5) is 11.2. The highest BCUT2D eigenvalue weighted by molar-refractivity contribution is 5.80. The fraction of sp³-hybridized carbons (Fsp3) is 0.875. The number of rotatable bonds is 0. The van der Waals surface area contributed by atoms with Crippen molar-refractivity contribution in [2.24, 2.45) is 0 Å². The molecule has 11 heavy (non-hydrogen) atoms. The molecular formula is C8H14N2O. The zero-order valence-electron chi connectivity index (χ0n) is 6.65. The van der Waals surface area contributed by atoms with E-state index < -0.39 is 0 Å². The average Bonchev–Trinajstić information content (AvgIpc) is 2.37. The van der Waals surface area contributed by atoms with E-state index in [4.69, 9.17) is 0 Å². The molecular weight excluding hydrogens is 140 g/mol. The molecule has 2 N–H and O–H groups in total. The van der Waals surface area contributed by atoms with Gasteiger partial charge in [0.25, 0.3) is 0 Å². The lowest BCUT2D eigenvalue weighted by Crippen LogP contribution is -2.46. The number of hydrogen-bond acceptors (Lipinski definition) is 3. The van der Waals surface area contributed by atoms with Gasteiger partial charge in [-0.1, -0.05) is 0 Å². The maximum atomic E-state index is 11.2. The lowest BCUT2D eigenvalue weighted by atomic mass is 9.82. The molecule has 0 bridgehead atoms. The first-order valence-electron chi connectivity index (χ1n) is 4.28. The van der Waals surface area contributed by atoms with Gasteiger partial charge >= 0.3 is 0 Å². The average molecular weight is 154 g/mol. The van der Waals surface area contributed by atoms with Crippen LogP contribution in [0.2, 0.25) is 0 Å². The minimum absolute atomic E-state index is 0.134. The highest BCUT2D eigenvalue weighted by atomic mass is 16.1. The Labute approximate surface area is 66.5 Å². The molecule has 2 aliphatic rings. The van der Waals surface area contributed by atoms with Crippen LogP contribution in [0.4, 0.5) is 0 Å². The summed E-state index contributed by atoms with van der Waals surface area (Å²) >= 11 is 0. The number of carbonyl (C=O) groups excluding carboxylic acids is 1. The number of carbonyl (C=O) groups is 1. The number of ketones is 1. The standard InChI is InChI=1S/C8H14N2O/c11-7-2-1-3-8(4-7)5-9-6-10-8/h9-10H,1-6H2. The molecule has 62 valence electrons. The van der Waals surface area contributed by atoms with Crippen LogP contribution in [0.1, 0.15) is 25.7 Å². The van der Waals surface area contributed by atoms with Crippen LogP contribution in [0.5, 0.6) is 0 Å². The van der Waals surface area contributed by atoms with E-state index in [0.717, 1.165) is 38.9 Å². The lowest BCUT2D eigenvalue weighted by Gasteiger charge is -2.31. The van der Waals surface area contributed by atoms with E-state index >= 15 is 0 Å². The highest BCUT2D eigenvalue weighted by Gasteiger charge is 2.37. The van der Waals surface area contributed by atoms with Crippen LogP contribution in [0, 0.1) is 0 Å². The normalized spacial score (nSPS) is 38.4. The van der Waals surface area contributed by atoms with Crippen molar-refractivity contribution in [3.05, 3.63) is 0 Å². The van der Waals surface area contributed by atoms with Crippen molar-refractivity contribution in [2.75, 3.05) is 13.2 Å². The number of nitrogens with one attached hydrogen (secondary N) is 2. The fourth-order valence-corrected chi connectivity index (χ4v) is 2.09. The molecule has 2 fully saturated rings. The first kappa shape index (κ1) is 7.25. The first-order valence-corrected chi connectivity index (χ1v) is 4.28. The lowest BCUT2D eigenvalue weighted by molar-refractivity contribution is -0.122. The topological polar surface area (TPSA) is 41.1 Å². The van der Waals surface area contributed by atoms with E-state index in [2.05, 4.69) is 10.6 Å². The summed E-state index contributed by atoms with van der Waals surface area (Å²) in [6.07, 6.45) is 3.75. The Bertz CT molecular complexity index is 173. The van der Waals surface area contributed by atoms with Crippen molar-refractivity contribution in [3.8, 4) is 0 Å². The van der Waals surface area contributed by atoms with Crippen LogP contribution in [0.15, 0.2) is 0 Å². The summed E-state index contributed by atoms with van der Waals surface area (Å²) in [5.41, 5.74) is 0.134. The molecule has 0 aromatic heterocycles. The van der Waals surface area contributed by atoms with Crippen LogP contribution >= 0.6 is 0 Å². The second kappa shape index (κ2) is 2.57. The van der Waals surface area contributed by atoms with E-state index in [-0.39, 0.29) is 5.54 Å².